The van der Waals surface area contributed by atoms with Crippen LogP contribution in [0.4, 0.5) is 0 Å². The van der Waals surface area contributed by atoms with Gasteiger partial charge in [-0.2, -0.15) is 4.20 Å². The topological polar surface area (TPSA) is 0 Å². The Balaban J connectivity index is 0. The van der Waals surface area contributed by atoms with Crippen molar-refractivity contribution in [3.05, 3.63) is 0 Å². The van der Waals surface area contributed by atoms with Gasteiger partial charge in [-0.3, -0.25) is 0 Å². The van der Waals surface area contributed by atoms with Crippen LogP contribution in [0, 0.1) is 0 Å². The molecule has 0 N–H and O–H groups in total. The average Bonchev–Trinajstić information content (AvgIpc) is 1.35. The summed E-state index contributed by atoms with van der Waals surface area (Å²) in [5.41, 5.74) is 0. The quantitative estimate of drug-likeness (QED) is 0.266. The first-order valence-electron chi connectivity index (χ1n) is 1.97. The normalized spacial score (nSPS) is 7.00. The molecule has 36 valence electrons. The Hall–Kier alpha value is 1.31. The summed E-state index contributed by atoms with van der Waals surface area (Å²) in [4.78, 5) is 0. The van der Waals surface area contributed by atoms with Crippen molar-refractivity contribution < 1.29 is 29.6 Å². The van der Waals surface area contributed by atoms with E-state index in [-0.39, 0.29) is 29.6 Å². The summed E-state index contributed by atoms with van der Waals surface area (Å²) in [6, 6.07) is 0. The summed E-state index contributed by atoms with van der Waals surface area (Å²) in [5.74, 6) is 0. The van der Waals surface area contributed by atoms with Crippen molar-refractivity contribution in [1.29, 1.82) is 0 Å². The van der Waals surface area contributed by atoms with Crippen molar-refractivity contribution in [1.82, 2.24) is 0 Å². The van der Waals surface area contributed by atoms with Crippen molar-refractivity contribution in [2.75, 3.05) is 0 Å². The molecule has 0 bridgehead atoms. The van der Waals surface area contributed by atoms with Crippen molar-refractivity contribution in [2.45, 2.75) is 19.8 Å². The van der Waals surface area contributed by atoms with E-state index in [4.69, 9.17) is 0 Å². The second-order valence-electron chi connectivity index (χ2n) is 1.12. The number of thiocarbonyl (C=S) groups is 1. The molecular weight excluding hydrogens is 135 g/mol. The Bertz CT molecular complexity index is 53.7. The summed E-state index contributed by atoms with van der Waals surface area (Å²) >= 11 is 9.22. The van der Waals surface area contributed by atoms with Gasteiger partial charge in [0.15, 0.2) is 0 Å². The molecular formula is C4H7NaS2. The molecule has 0 aliphatic carbocycles. The second-order valence-corrected chi connectivity index (χ2v) is 2.37. The molecule has 0 heterocycles. The minimum atomic E-state index is 0. The van der Waals surface area contributed by atoms with Crippen LogP contribution in [0.25, 0.3) is 0 Å². The summed E-state index contributed by atoms with van der Waals surface area (Å²) < 4.78 is 0.706. The summed E-state index contributed by atoms with van der Waals surface area (Å²) in [7, 11) is 0. The third-order valence-corrected chi connectivity index (χ3v) is 0.862. The van der Waals surface area contributed by atoms with Gasteiger partial charge >= 0.3 is 29.6 Å². The molecule has 7 heavy (non-hydrogen) atoms. The zero-order valence-corrected chi connectivity index (χ0v) is 8.36. The van der Waals surface area contributed by atoms with Crippen LogP contribution < -0.4 is 29.6 Å². The molecule has 0 nitrogen and oxygen atoms in total. The van der Waals surface area contributed by atoms with E-state index in [0.717, 1.165) is 12.8 Å². The van der Waals surface area contributed by atoms with Crippen LogP contribution >= 0.6 is 12.2 Å². The third-order valence-electron chi connectivity index (χ3n) is 0.454. The van der Waals surface area contributed by atoms with E-state index in [1.807, 2.05) is 0 Å². The molecule has 0 saturated heterocycles. The van der Waals surface area contributed by atoms with E-state index < -0.39 is 0 Å². The van der Waals surface area contributed by atoms with Gasteiger partial charge in [0, 0.05) is 0 Å². The number of rotatable bonds is 2. The maximum absolute atomic E-state index is 4.61. The van der Waals surface area contributed by atoms with Gasteiger partial charge in [0.25, 0.3) is 0 Å². The molecule has 0 atom stereocenters. The summed E-state index contributed by atoms with van der Waals surface area (Å²) in [5, 5.41) is 0. The molecule has 0 aromatic carbocycles. The van der Waals surface area contributed by atoms with Gasteiger partial charge in [0.2, 0.25) is 0 Å². The van der Waals surface area contributed by atoms with Gasteiger partial charge in [-0.15, -0.1) is 0 Å². The molecule has 0 radical (unpaired) electrons. The first-order chi connectivity index (χ1) is 2.77. The molecule has 0 rings (SSSR count). The van der Waals surface area contributed by atoms with Crippen LogP contribution in [0.5, 0.6) is 0 Å². The van der Waals surface area contributed by atoms with Gasteiger partial charge in [-0.1, -0.05) is 13.3 Å². The van der Waals surface area contributed by atoms with Crippen LogP contribution in [0.3, 0.4) is 0 Å². The number of hydrogen-bond acceptors (Lipinski definition) is 2. The molecule has 0 aromatic rings. The minimum Gasteiger partial charge on any atom is -0.433 e. The van der Waals surface area contributed by atoms with Gasteiger partial charge in [-0.05, 0) is 6.42 Å². The van der Waals surface area contributed by atoms with Gasteiger partial charge < -0.3 is 24.8 Å². The predicted molar refractivity (Wildman–Crippen MR) is 34.9 cm³/mol. The van der Waals surface area contributed by atoms with E-state index in [0.29, 0.717) is 4.20 Å². The van der Waals surface area contributed by atoms with E-state index >= 15 is 0 Å². The Morgan fingerprint density at radius 1 is 1.71 bits per heavy atom. The molecule has 0 amide bonds. The molecule has 0 aliphatic heterocycles. The summed E-state index contributed by atoms with van der Waals surface area (Å²) in [6.45, 7) is 2.07. The fourth-order valence-corrected chi connectivity index (χ4v) is 0.612. The third kappa shape index (κ3) is 11.1. The Morgan fingerprint density at radius 2 is 2.14 bits per heavy atom. The molecule has 0 saturated carbocycles. The van der Waals surface area contributed by atoms with E-state index in [2.05, 4.69) is 31.8 Å². The van der Waals surface area contributed by atoms with Crippen molar-refractivity contribution in [3.8, 4) is 0 Å². The fourth-order valence-electron chi connectivity index (χ4n) is 0.204. The SMILES string of the molecule is CCCC(=S)[S-].[Na+]. The van der Waals surface area contributed by atoms with Crippen molar-refractivity contribution in [3.63, 3.8) is 0 Å². The van der Waals surface area contributed by atoms with E-state index in [1.165, 1.54) is 0 Å². The van der Waals surface area contributed by atoms with Gasteiger partial charge in [0.1, 0.15) is 0 Å². The van der Waals surface area contributed by atoms with Crippen molar-refractivity contribution in [2.24, 2.45) is 0 Å². The average molecular weight is 142 g/mol. The second kappa shape index (κ2) is 7.31. The Kier molecular flexibility index (Phi) is 11.6. The minimum absolute atomic E-state index is 0. The van der Waals surface area contributed by atoms with Crippen LogP contribution in [-0.2, 0) is 12.6 Å². The molecule has 0 fully saturated rings. The standard InChI is InChI=1S/C4H8S2.Na/c1-2-3-4(5)6;/h2-3H2,1H3,(H,5,6);/q;+1/p-1. The smallest absolute Gasteiger partial charge is 0.433 e. The zero-order valence-electron chi connectivity index (χ0n) is 4.73. The van der Waals surface area contributed by atoms with Crippen LogP contribution in [0.15, 0.2) is 0 Å². The van der Waals surface area contributed by atoms with Gasteiger partial charge in [0.05, 0.1) is 0 Å². The molecule has 0 unspecified atom stereocenters. The van der Waals surface area contributed by atoms with Crippen molar-refractivity contribution >= 4 is 29.0 Å². The van der Waals surface area contributed by atoms with Crippen LogP contribution in [-0.4, -0.2) is 4.20 Å². The maximum atomic E-state index is 4.61. The maximum Gasteiger partial charge on any atom is 1.00 e. The fraction of sp³-hybridized carbons (Fsp3) is 0.750. The first-order valence-corrected chi connectivity index (χ1v) is 2.79. The van der Waals surface area contributed by atoms with Gasteiger partial charge in [-0.25, -0.2) is 0 Å². The Morgan fingerprint density at radius 3 is 2.14 bits per heavy atom. The van der Waals surface area contributed by atoms with Crippen LogP contribution in [0.2, 0.25) is 0 Å². The molecule has 3 heteroatoms. The van der Waals surface area contributed by atoms with Crippen LogP contribution in [0.1, 0.15) is 19.8 Å². The summed E-state index contributed by atoms with van der Waals surface area (Å²) in [6.07, 6.45) is 2.01. The monoisotopic (exact) mass is 142 g/mol. The van der Waals surface area contributed by atoms with E-state index in [1.54, 1.807) is 0 Å². The Labute approximate surface area is 77.8 Å². The first kappa shape index (κ1) is 11.2. The zero-order chi connectivity index (χ0) is 4.99. The number of hydrogen-bond donors (Lipinski definition) is 0. The van der Waals surface area contributed by atoms with E-state index in [9.17, 15) is 0 Å². The molecule has 0 aromatic heterocycles. The molecule has 0 spiro atoms. The predicted octanol–water partition coefficient (Wildman–Crippen LogP) is -1.34. The largest absolute Gasteiger partial charge is 1.00 e. The molecule has 0 aliphatic rings.